The molecule has 0 spiro atoms. The molecule has 0 radical (unpaired) electrons. The van der Waals surface area contributed by atoms with Gasteiger partial charge in [0.05, 0.1) is 12.7 Å². The number of carbonyl (C=O) groups excluding carboxylic acids is 2. The molecule has 0 aromatic carbocycles. The van der Waals surface area contributed by atoms with Gasteiger partial charge in [-0.3, -0.25) is 9.59 Å². The average Bonchev–Trinajstić information content (AvgIpc) is 2.98. The summed E-state index contributed by atoms with van der Waals surface area (Å²) in [5.74, 6) is -0.791. The number of hydrogen-bond donors (Lipinski definition) is 2. The number of hydrogen-bond acceptors (Lipinski definition) is 6. The van der Waals surface area contributed by atoms with Crippen LogP contribution >= 0.6 is 0 Å². The highest BCUT2D eigenvalue weighted by molar-refractivity contribution is 5.70. The number of rotatable bonds is 30. The molecular formula is C36H64O6. The summed E-state index contributed by atoms with van der Waals surface area (Å²) in [5, 5.41) is 19.6. The predicted molar refractivity (Wildman–Crippen MR) is 174 cm³/mol. The SMILES string of the molecule is CCCCCCCC/C=C/C/C=C/C=C/C(O)CCCC(=O)OC[C@H](CO)OC(=O)CCCCCCCCCCCC. The number of aliphatic hydroxyl groups excluding tert-OH is 2. The maximum absolute atomic E-state index is 12.1. The summed E-state index contributed by atoms with van der Waals surface area (Å²) in [7, 11) is 0. The van der Waals surface area contributed by atoms with E-state index in [0.717, 1.165) is 32.1 Å². The van der Waals surface area contributed by atoms with E-state index < -0.39 is 18.2 Å². The Hall–Kier alpha value is -1.92. The first kappa shape index (κ1) is 40.1. The van der Waals surface area contributed by atoms with Gasteiger partial charge in [0.2, 0.25) is 0 Å². The van der Waals surface area contributed by atoms with Crippen molar-refractivity contribution < 1.29 is 29.3 Å². The first-order valence-corrected chi connectivity index (χ1v) is 17.2. The van der Waals surface area contributed by atoms with E-state index in [1.54, 1.807) is 6.08 Å². The number of aliphatic hydroxyl groups is 2. The number of carbonyl (C=O) groups is 2. The van der Waals surface area contributed by atoms with Crippen LogP contribution in [0.5, 0.6) is 0 Å². The van der Waals surface area contributed by atoms with Crippen LogP contribution in [-0.2, 0) is 19.1 Å². The lowest BCUT2D eigenvalue weighted by Crippen LogP contribution is -2.28. The molecule has 0 amide bonds. The van der Waals surface area contributed by atoms with Gasteiger partial charge in [0.15, 0.2) is 6.10 Å². The summed E-state index contributed by atoms with van der Waals surface area (Å²) >= 11 is 0. The highest BCUT2D eigenvalue weighted by Crippen LogP contribution is 2.12. The lowest BCUT2D eigenvalue weighted by atomic mass is 10.1. The Morgan fingerprint density at radius 3 is 1.86 bits per heavy atom. The maximum atomic E-state index is 12.1. The summed E-state index contributed by atoms with van der Waals surface area (Å²) in [6, 6.07) is 0. The molecule has 0 aromatic heterocycles. The molecule has 42 heavy (non-hydrogen) atoms. The van der Waals surface area contributed by atoms with Crippen LogP contribution in [0.3, 0.4) is 0 Å². The van der Waals surface area contributed by atoms with Crippen LogP contribution in [0.4, 0.5) is 0 Å². The second-order valence-corrected chi connectivity index (χ2v) is 11.4. The van der Waals surface area contributed by atoms with Gasteiger partial charge in [-0.25, -0.2) is 0 Å². The molecule has 244 valence electrons. The zero-order valence-electron chi connectivity index (χ0n) is 27.1. The van der Waals surface area contributed by atoms with E-state index in [0.29, 0.717) is 19.3 Å². The van der Waals surface area contributed by atoms with Gasteiger partial charge >= 0.3 is 11.9 Å². The second-order valence-electron chi connectivity index (χ2n) is 11.4. The van der Waals surface area contributed by atoms with E-state index in [-0.39, 0.29) is 25.6 Å². The van der Waals surface area contributed by atoms with Gasteiger partial charge < -0.3 is 19.7 Å². The van der Waals surface area contributed by atoms with Gasteiger partial charge in [-0.05, 0) is 38.5 Å². The quantitative estimate of drug-likeness (QED) is 0.0374. The number of esters is 2. The summed E-state index contributed by atoms with van der Waals surface area (Å²) < 4.78 is 10.4. The molecule has 0 bridgehead atoms. The van der Waals surface area contributed by atoms with Crippen molar-refractivity contribution in [2.24, 2.45) is 0 Å². The Kier molecular flexibility index (Phi) is 30.5. The molecule has 0 heterocycles. The average molecular weight is 593 g/mol. The number of unbranched alkanes of at least 4 members (excludes halogenated alkanes) is 15. The summed E-state index contributed by atoms with van der Waals surface area (Å²) in [6.45, 7) is 3.93. The Morgan fingerprint density at radius 2 is 1.24 bits per heavy atom. The van der Waals surface area contributed by atoms with Gasteiger partial charge in [0, 0.05) is 12.8 Å². The van der Waals surface area contributed by atoms with E-state index in [1.807, 2.05) is 12.2 Å². The fraction of sp³-hybridized carbons (Fsp3) is 0.778. The predicted octanol–water partition coefficient (Wildman–Crippen LogP) is 9.09. The molecular weight excluding hydrogens is 528 g/mol. The van der Waals surface area contributed by atoms with Gasteiger partial charge in [-0.1, -0.05) is 140 Å². The molecule has 0 aliphatic heterocycles. The third-order valence-corrected chi connectivity index (χ3v) is 7.29. The fourth-order valence-electron chi connectivity index (χ4n) is 4.62. The minimum absolute atomic E-state index is 0.153. The van der Waals surface area contributed by atoms with Crippen LogP contribution in [0.25, 0.3) is 0 Å². The van der Waals surface area contributed by atoms with Crippen molar-refractivity contribution in [2.75, 3.05) is 13.2 Å². The summed E-state index contributed by atoms with van der Waals surface area (Å²) in [5.41, 5.74) is 0. The van der Waals surface area contributed by atoms with Crippen LogP contribution < -0.4 is 0 Å². The molecule has 6 heteroatoms. The lowest BCUT2D eigenvalue weighted by Gasteiger charge is -2.16. The van der Waals surface area contributed by atoms with Gasteiger partial charge in [-0.2, -0.15) is 0 Å². The summed E-state index contributed by atoms with van der Waals surface area (Å²) in [4.78, 5) is 24.1. The minimum atomic E-state index is -0.838. The Balaban J connectivity index is 3.80. The van der Waals surface area contributed by atoms with E-state index in [2.05, 4.69) is 32.1 Å². The molecule has 6 nitrogen and oxygen atoms in total. The Labute approximate surface area is 258 Å². The highest BCUT2D eigenvalue weighted by atomic mass is 16.6. The molecule has 0 rings (SSSR count). The largest absolute Gasteiger partial charge is 0.462 e. The van der Waals surface area contributed by atoms with Crippen molar-refractivity contribution in [1.82, 2.24) is 0 Å². The van der Waals surface area contributed by atoms with Crippen LogP contribution in [0.15, 0.2) is 36.5 Å². The first-order valence-electron chi connectivity index (χ1n) is 17.2. The standard InChI is InChI=1S/C36H64O6/c1-3-5-7-9-11-13-15-16-17-18-20-22-24-27-33(38)28-26-30-35(39)41-32-34(31-37)42-36(40)29-25-23-21-19-14-12-10-8-6-4-2/h16-17,20,22,24,27,33-34,37-38H,3-15,18-19,21,23,25-26,28-32H2,1-2H3/b17-16+,22-20+,27-24+/t33?,34-/m0/s1. The molecule has 0 aliphatic carbocycles. The molecule has 1 unspecified atom stereocenters. The number of allylic oxidation sites excluding steroid dienone is 5. The normalized spacial score (nSPS) is 13.3. The molecule has 0 saturated carbocycles. The third kappa shape index (κ3) is 29.6. The maximum Gasteiger partial charge on any atom is 0.306 e. The zero-order valence-corrected chi connectivity index (χ0v) is 27.1. The van der Waals surface area contributed by atoms with E-state index in [4.69, 9.17) is 9.47 Å². The first-order chi connectivity index (χ1) is 20.5. The van der Waals surface area contributed by atoms with Crippen LogP contribution in [0, 0.1) is 0 Å². The summed E-state index contributed by atoms with van der Waals surface area (Å²) in [6.07, 6.45) is 33.8. The number of ether oxygens (including phenoxy) is 2. The van der Waals surface area contributed by atoms with Gasteiger partial charge in [-0.15, -0.1) is 0 Å². The van der Waals surface area contributed by atoms with Crippen LogP contribution in [0.1, 0.15) is 155 Å². The molecule has 0 fully saturated rings. The highest BCUT2D eigenvalue weighted by Gasteiger charge is 2.16. The van der Waals surface area contributed by atoms with E-state index >= 15 is 0 Å². The molecule has 2 N–H and O–H groups in total. The molecule has 0 aromatic rings. The van der Waals surface area contributed by atoms with E-state index in [9.17, 15) is 19.8 Å². The molecule has 2 atom stereocenters. The third-order valence-electron chi connectivity index (χ3n) is 7.29. The van der Waals surface area contributed by atoms with Gasteiger partial charge in [0.1, 0.15) is 6.61 Å². The van der Waals surface area contributed by atoms with Crippen molar-refractivity contribution in [3.63, 3.8) is 0 Å². The van der Waals surface area contributed by atoms with Crippen molar-refractivity contribution in [3.8, 4) is 0 Å². The topological polar surface area (TPSA) is 93.1 Å². The Morgan fingerprint density at radius 1 is 0.667 bits per heavy atom. The van der Waals surface area contributed by atoms with Crippen molar-refractivity contribution in [2.45, 2.75) is 167 Å². The van der Waals surface area contributed by atoms with E-state index in [1.165, 1.54) is 83.5 Å². The molecule has 0 saturated heterocycles. The van der Waals surface area contributed by atoms with Crippen molar-refractivity contribution in [3.05, 3.63) is 36.5 Å². The lowest BCUT2D eigenvalue weighted by molar-refractivity contribution is -0.161. The zero-order chi connectivity index (χ0) is 30.9. The van der Waals surface area contributed by atoms with Crippen LogP contribution in [-0.4, -0.2) is 47.6 Å². The van der Waals surface area contributed by atoms with Crippen molar-refractivity contribution in [1.29, 1.82) is 0 Å². The van der Waals surface area contributed by atoms with Crippen molar-refractivity contribution >= 4 is 11.9 Å². The van der Waals surface area contributed by atoms with Gasteiger partial charge in [0.25, 0.3) is 0 Å². The monoisotopic (exact) mass is 592 g/mol. The smallest absolute Gasteiger partial charge is 0.306 e. The second kappa shape index (κ2) is 32.0. The van der Waals surface area contributed by atoms with Crippen LogP contribution in [0.2, 0.25) is 0 Å². The Bertz CT molecular complexity index is 699. The minimum Gasteiger partial charge on any atom is -0.462 e. The molecule has 0 aliphatic rings. The fourth-order valence-corrected chi connectivity index (χ4v) is 4.62.